The van der Waals surface area contributed by atoms with E-state index in [1.165, 1.54) is 18.2 Å². The standard InChI is InChI=1S/C11H11ClN2O3/c12-8-3-4-10(14(16)17)9(7-8)11(15)13-5-1-2-6-13/h3-4,7H,1-2,5-6H2. The molecule has 1 aromatic rings. The number of halogens is 1. The topological polar surface area (TPSA) is 63.4 Å². The van der Waals surface area contributed by atoms with E-state index in [2.05, 4.69) is 0 Å². The Hall–Kier alpha value is -1.62. The van der Waals surface area contributed by atoms with Crippen molar-refractivity contribution in [3.63, 3.8) is 0 Å². The van der Waals surface area contributed by atoms with Gasteiger partial charge in [0.05, 0.1) is 4.92 Å². The molecule has 0 spiro atoms. The molecule has 0 N–H and O–H groups in total. The Balaban J connectivity index is 2.38. The average molecular weight is 255 g/mol. The first-order chi connectivity index (χ1) is 8.09. The monoisotopic (exact) mass is 254 g/mol. The van der Waals surface area contributed by atoms with Crippen molar-refractivity contribution >= 4 is 23.2 Å². The third-order valence-corrected chi connectivity index (χ3v) is 3.01. The van der Waals surface area contributed by atoms with Crippen molar-refractivity contribution in [2.24, 2.45) is 0 Å². The summed E-state index contributed by atoms with van der Waals surface area (Å²) < 4.78 is 0. The smallest absolute Gasteiger partial charge is 0.282 e. The molecule has 1 saturated heterocycles. The molecule has 0 bridgehead atoms. The van der Waals surface area contributed by atoms with Crippen LogP contribution in [0.15, 0.2) is 18.2 Å². The Kier molecular flexibility index (Phi) is 3.28. The molecule has 6 heteroatoms. The van der Waals surface area contributed by atoms with E-state index >= 15 is 0 Å². The average Bonchev–Trinajstić information content (AvgIpc) is 2.80. The molecule has 1 amide bonds. The van der Waals surface area contributed by atoms with Crippen LogP contribution in [0.25, 0.3) is 0 Å². The molecule has 0 aliphatic carbocycles. The summed E-state index contributed by atoms with van der Waals surface area (Å²) >= 11 is 5.78. The molecule has 0 aromatic heterocycles. The third kappa shape index (κ3) is 2.39. The second-order valence-electron chi connectivity index (χ2n) is 3.92. The first kappa shape index (κ1) is 11.9. The van der Waals surface area contributed by atoms with Crippen LogP contribution >= 0.6 is 11.6 Å². The summed E-state index contributed by atoms with van der Waals surface area (Å²) in [6.45, 7) is 1.31. The molecule has 0 saturated carbocycles. The molecule has 0 unspecified atom stereocenters. The zero-order valence-electron chi connectivity index (χ0n) is 9.06. The van der Waals surface area contributed by atoms with Gasteiger partial charge in [-0.25, -0.2) is 0 Å². The zero-order chi connectivity index (χ0) is 12.4. The minimum absolute atomic E-state index is 0.0735. The molecule has 1 aliphatic heterocycles. The fourth-order valence-electron chi connectivity index (χ4n) is 1.93. The predicted octanol–water partition coefficient (Wildman–Crippen LogP) is 2.48. The van der Waals surface area contributed by atoms with Crippen LogP contribution in [0, 0.1) is 10.1 Å². The summed E-state index contributed by atoms with van der Waals surface area (Å²) in [5.74, 6) is -0.309. The van der Waals surface area contributed by atoms with Crippen LogP contribution < -0.4 is 0 Å². The molecule has 1 fully saturated rings. The first-order valence-corrected chi connectivity index (χ1v) is 5.70. The maximum absolute atomic E-state index is 12.1. The van der Waals surface area contributed by atoms with Crippen molar-refractivity contribution < 1.29 is 9.72 Å². The normalized spacial score (nSPS) is 15.0. The second kappa shape index (κ2) is 4.71. The van der Waals surface area contributed by atoms with Crippen molar-refractivity contribution in [2.45, 2.75) is 12.8 Å². The Morgan fingerprint density at radius 1 is 1.35 bits per heavy atom. The molecule has 1 heterocycles. The number of rotatable bonds is 2. The molecular weight excluding hydrogens is 244 g/mol. The maximum atomic E-state index is 12.1. The number of hydrogen-bond donors (Lipinski definition) is 0. The number of amides is 1. The summed E-state index contributed by atoms with van der Waals surface area (Å²) in [6.07, 6.45) is 1.89. The van der Waals surface area contributed by atoms with Crippen LogP contribution in [0.3, 0.4) is 0 Å². The maximum Gasteiger partial charge on any atom is 0.282 e. The fraction of sp³-hybridized carbons (Fsp3) is 0.364. The Morgan fingerprint density at radius 2 is 2.00 bits per heavy atom. The zero-order valence-corrected chi connectivity index (χ0v) is 9.81. The lowest BCUT2D eigenvalue weighted by Crippen LogP contribution is -2.28. The van der Waals surface area contributed by atoms with Gasteiger partial charge in [0.1, 0.15) is 5.56 Å². The Labute approximate surface area is 103 Å². The van der Waals surface area contributed by atoms with E-state index in [1.807, 2.05) is 0 Å². The van der Waals surface area contributed by atoms with Crippen LogP contribution in [0.4, 0.5) is 5.69 Å². The van der Waals surface area contributed by atoms with Crippen molar-refractivity contribution in [1.82, 2.24) is 4.90 Å². The lowest BCUT2D eigenvalue weighted by Gasteiger charge is -2.15. The van der Waals surface area contributed by atoms with Gasteiger partial charge >= 0.3 is 0 Å². The van der Waals surface area contributed by atoms with E-state index in [9.17, 15) is 14.9 Å². The third-order valence-electron chi connectivity index (χ3n) is 2.78. The lowest BCUT2D eigenvalue weighted by atomic mass is 10.1. The quantitative estimate of drug-likeness (QED) is 0.602. The number of nitrogens with zero attached hydrogens (tertiary/aromatic N) is 2. The molecule has 2 rings (SSSR count). The van der Waals surface area contributed by atoms with Gasteiger partial charge in [-0.05, 0) is 25.0 Å². The van der Waals surface area contributed by atoms with Crippen LogP contribution in [0.1, 0.15) is 23.2 Å². The van der Waals surface area contributed by atoms with Gasteiger partial charge in [0.2, 0.25) is 0 Å². The molecule has 90 valence electrons. The van der Waals surface area contributed by atoms with E-state index in [0.29, 0.717) is 18.1 Å². The second-order valence-corrected chi connectivity index (χ2v) is 4.35. The van der Waals surface area contributed by atoms with Gasteiger partial charge in [0, 0.05) is 24.2 Å². The first-order valence-electron chi connectivity index (χ1n) is 5.33. The van der Waals surface area contributed by atoms with Gasteiger partial charge in [0.25, 0.3) is 11.6 Å². The summed E-state index contributed by atoms with van der Waals surface area (Å²) in [7, 11) is 0. The largest absolute Gasteiger partial charge is 0.338 e. The SMILES string of the molecule is O=C(c1cc(Cl)ccc1[N+](=O)[O-])N1CCCC1. The van der Waals surface area contributed by atoms with Gasteiger partial charge in [0.15, 0.2) is 0 Å². The molecule has 17 heavy (non-hydrogen) atoms. The van der Waals surface area contributed by atoms with Gasteiger partial charge in [-0.3, -0.25) is 14.9 Å². The number of likely N-dealkylation sites (tertiary alicyclic amines) is 1. The highest BCUT2D eigenvalue weighted by atomic mass is 35.5. The van der Waals surface area contributed by atoms with Gasteiger partial charge in [-0.1, -0.05) is 11.6 Å². The number of nitro groups is 1. The number of carbonyl (C=O) groups excluding carboxylic acids is 1. The van der Waals surface area contributed by atoms with Crippen molar-refractivity contribution in [3.05, 3.63) is 38.9 Å². The van der Waals surface area contributed by atoms with E-state index in [4.69, 9.17) is 11.6 Å². The predicted molar refractivity (Wildman–Crippen MR) is 63.2 cm³/mol. The highest BCUT2D eigenvalue weighted by Crippen LogP contribution is 2.25. The lowest BCUT2D eigenvalue weighted by molar-refractivity contribution is -0.385. The molecular formula is C11H11ClN2O3. The van der Waals surface area contributed by atoms with Crippen molar-refractivity contribution in [2.75, 3.05) is 13.1 Å². The van der Waals surface area contributed by atoms with Gasteiger partial charge < -0.3 is 4.90 Å². The highest BCUT2D eigenvalue weighted by molar-refractivity contribution is 6.31. The number of benzene rings is 1. The van der Waals surface area contributed by atoms with Gasteiger partial charge in [-0.2, -0.15) is 0 Å². The van der Waals surface area contributed by atoms with E-state index < -0.39 is 4.92 Å². The van der Waals surface area contributed by atoms with E-state index in [1.54, 1.807) is 4.90 Å². The Morgan fingerprint density at radius 3 is 2.59 bits per heavy atom. The summed E-state index contributed by atoms with van der Waals surface area (Å²) in [4.78, 5) is 24.0. The van der Waals surface area contributed by atoms with Crippen LogP contribution in [0.5, 0.6) is 0 Å². The minimum Gasteiger partial charge on any atom is -0.338 e. The Bertz CT molecular complexity index is 470. The summed E-state index contributed by atoms with van der Waals surface area (Å²) in [6, 6.07) is 4.05. The van der Waals surface area contributed by atoms with Crippen LogP contribution in [0.2, 0.25) is 5.02 Å². The summed E-state index contributed by atoms with van der Waals surface area (Å²) in [5.41, 5.74) is -0.115. The van der Waals surface area contributed by atoms with E-state index in [0.717, 1.165) is 12.8 Å². The van der Waals surface area contributed by atoms with Crippen molar-refractivity contribution in [3.8, 4) is 0 Å². The minimum atomic E-state index is -0.556. The molecule has 5 nitrogen and oxygen atoms in total. The van der Waals surface area contributed by atoms with Crippen molar-refractivity contribution in [1.29, 1.82) is 0 Å². The summed E-state index contributed by atoms with van der Waals surface area (Å²) in [5, 5.41) is 11.2. The van der Waals surface area contributed by atoms with Gasteiger partial charge in [-0.15, -0.1) is 0 Å². The molecule has 0 atom stereocenters. The van der Waals surface area contributed by atoms with Crippen LogP contribution in [-0.4, -0.2) is 28.8 Å². The number of nitro benzene ring substituents is 1. The number of hydrogen-bond acceptors (Lipinski definition) is 3. The molecule has 1 aromatic carbocycles. The molecule has 1 aliphatic rings. The van der Waals surface area contributed by atoms with E-state index in [-0.39, 0.29) is 17.2 Å². The number of carbonyl (C=O) groups is 1. The molecule has 0 radical (unpaired) electrons. The highest BCUT2D eigenvalue weighted by Gasteiger charge is 2.26. The fourth-order valence-corrected chi connectivity index (χ4v) is 2.10. The van der Waals surface area contributed by atoms with Crippen LogP contribution in [-0.2, 0) is 0 Å².